The van der Waals surface area contributed by atoms with E-state index < -0.39 is 0 Å². The van der Waals surface area contributed by atoms with Crippen LogP contribution in [0.5, 0.6) is 5.75 Å². The molecule has 8 heteroatoms. The molecule has 1 aliphatic rings. The van der Waals surface area contributed by atoms with Crippen LogP contribution in [0.4, 0.5) is 5.69 Å². The molecule has 1 aromatic rings. The van der Waals surface area contributed by atoms with Gasteiger partial charge in [0.05, 0.1) is 19.9 Å². The van der Waals surface area contributed by atoms with E-state index in [2.05, 4.69) is 38.9 Å². The number of para-hydroxylation sites is 2. The van der Waals surface area contributed by atoms with Crippen LogP contribution < -0.4 is 15.0 Å². The number of unbranched alkanes of at least 4 members (excludes halogenated alkanes) is 2. The Hall–Kier alpha value is -1.71. The number of guanidine groups is 1. The Labute approximate surface area is 191 Å². The molecular formula is C21H35IN4O3. The van der Waals surface area contributed by atoms with Crippen molar-refractivity contribution in [3.05, 3.63) is 24.3 Å². The van der Waals surface area contributed by atoms with E-state index in [1.807, 2.05) is 12.1 Å². The van der Waals surface area contributed by atoms with Gasteiger partial charge in [-0.25, -0.2) is 0 Å². The molecule has 0 amide bonds. The summed E-state index contributed by atoms with van der Waals surface area (Å²) in [5.41, 5.74) is 1.15. The molecular weight excluding hydrogens is 483 g/mol. The Bertz CT molecular complexity index is 634. The second-order valence-electron chi connectivity index (χ2n) is 6.77. The van der Waals surface area contributed by atoms with E-state index in [4.69, 9.17) is 9.73 Å². The van der Waals surface area contributed by atoms with Crippen LogP contribution in [-0.2, 0) is 9.53 Å². The van der Waals surface area contributed by atoms with E-state index in [0.717, 1.165) is 75.9 Å². The number of piperazine rings is 1. The number of esters is 1. The van der Waals surface area contributed by atoms with Crippen LogP contribution in [0.25, 0.3) is 0 Å². The summed E-state index contributed by atoms with van der Waals surface area (Å²) in [7, 11) is 3.15. The van der Waals surface area contributed by atoms with Crippen molar-refractivity contribution >= 4 is 41.6 Å². The van der Waals surface area contributed by atoms with E-state index >= 15 is 0 Å². The minimum absolute atomic E-state index is 0. The number of methoxy groups -OCH3 is 2. The number of hydrogen-bond acceptors (Lipinski definition) is 5. The summed E-state index contributed by atoms with van der Waals surface area (Å²) < 4.78 is 10.2. The van der Waals surface area contributed by atoms with E-state index in [9.17, 15) is 4.79 Å². The highest BCUT2D eigenvalue weighted by atomic mass is 127. The van der Waals surface area contributed by atoms with Gasteiger partial charge in [-0.1, -0.05) is 18.6 Å². The Morgan fingerprint density at radius 3 is 2.48 bits per heavy atom. The highest BCUT2D eigenvalue weighted by Crippen LogP contribution is 2.28. The minimum Gasteiger partial charge on any atom is -0.495 e. The average Bonchev–Trinajstić information content (AvgIpc) is 2.75. The van der Waals surface area contributed by atoms with Crippen LogP contribution in [0, 0.1) is 0 Å². The number of nitrogens with one attached hydrogen (secondary N) is 1. The molecule has 29 heavy (non-hydrogen) atoms. The fourth-order valence-corrected chi connectivity index (χ4v) is 3.32. The molecule has 0 aliphatic carbocycles. The van der Waals surface area contributed by atoms with Crippen molar-refractivity contribution in [2.75, 3.05) is 58.4 Å². The van der Waals surface area contributed by atoms with E-state index in [1.165, 1.54) is 7.11 Å². The second-order valence-corrected chi connectivity index (χ2v) is 6.77. The van der Waals surface area contributed by atoms with Crippen LogP contribution in [0.15, 0.2) is 29.3 Å². The monoisotopic (exact) mass is 518 g/mol. The summed E-state index contributed by atoms with van der Waals surface area (Å²) >= 11 is 0. The molecule has 0 aromatic heterocycles. The first-order valence-electron chi connectivity index (χ1n) is 10.2. The maximum absolute atomic E-state index is 11.1. The van der Waals surface area contributed by atoms with E-state index in [1.54, 1.807) is 7.11 Å². The molecule has 1 N–H and O–H groups in total. The number of ether oxygens (including phenoxy) is 2. The molecule has 1 heterocycles. The van der Waals surface area contributed by atoms with Crippen molar-refractivity contribution in [1.29, 1.82) is 0 Å². The molecule has 1 fully saturated rings. The molecule has 0 spiro atoms. The van der Waals surface area contributed by atoms with Gasteiger partial charge in [-0.05, 0) is 31.9 Å². The van der Waals surface area contributed by atoms with Crippen molar-refractivity contribution in [1.82, 2.24) is 10.2 Å². The highest BCUT2D eigenvalue weighted by Gasteiger charge is 2.21. The molecule has 1 aromatic carbocycles. The summed E-state index contributed by atoms with van der Waals surface area (Å²) in [6.07, 6.45) is 3.31. The summed E-state index contributed by atoms with van der Waals surface area (Å²) in [4.78, 5) is 20.6. The Balaban J connectivity index is 0.00000420. The predicted octanol–water partition coefficient (Wildman–Crippen LogP) is 3.13. The number of hydrogen-bond donors (Lipinski definition) is 1. The third kappa shape index (κ3) is 8.28. The lowest BCUT2D eigenvalue weighted by Crippen LogP contribution is -2.52. The zero-order chi connectivity index (χ0) is 20.2. The molecule has 164 valence electrons. The molecule has 7 nitrogen and oxygen atoms in total. The Morgan fingerprint density at radius 1 is 1.10 bits per heavy atom. The fraction of sp³-hybridized carbons (Fsp3) is 0.619. The first kappa shape index (κ1) is 25.3. The molecule has 0 unspecified atom stereocenters. The number of carbonyl (C=O) groups is 1. The topological polar surface area (TPSA) is 66.4 Å². The van der Waals surface area contributed by atoms with Crippen LogP contribution >= 0.6 is 24.0 Å². The fourth-order valence-electron chi connectivity index (χ4n) is 3.32. The molecule has 1 saturated heterocycles. The predicted molar refractivity (Wildman–Crippen MR) is 129 cm³/mol. The van der Waals surface area contributed by atoms with Crippen molar-refractivity contribution < 1.29 is 14.3 Å². The molecule has 0 saturated carbocycles. The normalized spacial score (nSPS) is 14.2. The number of benzene rings is 1. The quantitative estimate of drug-likeness (QED) is 0.178. The Kier molecular flexibility index (Phi) is 12.5. The highest BCUT2D eigenvalue weighted by molar-refractivity contribution is 14.0. The summed E-state index contributed by atoms with van der Waals surface area (Å²) in [6, 6.07) is 8.17. The van der Waals surface area contributed by atoms with Gasteiger partial charge in [0, 0.05) is 45.7 Å². The summed E-state index contributed by atoms with van der Waals surface area (Å²) in [5.74, 6) is 1.77. The lowest BCUT2D eigenvalue weighted by Gasteiger charge is -2.38. The zero-order valence-electron chi connectivity index (χ0n) is 17.9. The van der Waals surface area contributed by atoms with Gasteiger partial charge in [-0.3, -0.25) is 9.79 Å². The van der Waals surface area contributed by atoms with Gasteiger partial charge in [-0.2, -0.15) is 0 Å². The van der Waals surface area contributed by atoms with Gasteiger partial charge in [0.25, 0.3) is 0 Å². The van der Waals surface area contributed by atoms with E-state index in [0.29, 0.717) is 6.42 Å². The lowest BCUT2D eigenvalue weighted by molar-refractivity contribution is -0.140. The standard InChI is InChI=1S/C21H34N4O3.HI/c1-4-22-21(23-13-9-5-6-12-20(26)28-3)25-16-14-24(15-17-25)18-10-7-8-11-19(18)27-2;/h7-8,10-11H,4-6,9,12-17H2,1-3H3,(H,22,23);1H. The van der Waals surface area contributed by atoms with Crippen LogP contribution in [0.2, 0.25) is 0 Å². The maximum Gasteiger partial charge on any atom is 0.305 e. The molecule has 1 aliphatic heterocycles. The van der Waals surface area contributed by atoms with Crippen molar-refractivity contribution in [2.45, 2.75) is 32.6 Å². The number of anilines is 1. The lowest BCUT2D eigenvalue weighted by atomic mass is 10.2. The van der Waals surface area contributed by atoms with Crippen LogP contribution in [-0.4, -0.2) is 70.3 Å². The van der Waals surface area contributed by atoms with Crippen LogP contribution in [0.1, 0.15) is 32.6 Å². The Morgan fingerprint density at radius 2 is 1.83 bits per heavy atom. The number of nitrogens with zero attached hydrogens (tertiary/aromatic N) is 3. The molecule has 0 atom stereocenters. The van der Waals surface area contributed by atoms with Gasteiger partial charge in [0.2, 0.25) is 0 Å². The largest absolute Gasteiger partial charge is 0.495 e. The van der Waals surface area contributed by atoms with Crippen molar-refractivity contribution in [3.8, 4) is 5.75 Å². The summed E-state index contributed by atoms with van der Waals surface area (Å²) in [6.45, 7) is 7.44. The number of rotatable bonds is 9. The van der Waals surface area contributed by atoms with Gasteiger partial charge in [0.15, 0.2) is 5.96 Å². The minimum atomic E-state index is -0.134. The van der Waals surface area contributed by atoms with Gasteiger partial charge < -0.3 is 24.6 Å². The number of carbonyl (C=O) groups excluding carboxylic acids is 1. The molecule has 0 bridgehead atoms. The molecule has 0 radical (unpaired) electrons. The second kappa shape index (κ2) is 14.3. The van der Waals surface area contributed by atoms with Gasteiger partial charge >= 0.3 is 5.97 Å². The van der Waals surface area contributed by atoms with Crippen molar-refractivity contribution in [3.63, 3.8) is 0 Å². The average molecular weight is 518 g/mol. The summed E-state index contributed by atoms with van der Waals surface area (Å²) in [5, 5.41) is 3.41. The van der Waals surface area contributed by atoms with Gasteiger partial charge in [0.1, 0.15) is 5.75 Å². The first-order valence-corrected chi connectivity index (χ1v) is 10.2. The van der Waals surface area contributed by atoms with Gasteiger partial charge in [-0.15, -0.1) is 24.0 Å². The zero-order valence-corrected chi connectivity index (χ0v) is 20.2. The smallest absolute Gasteiger partial charge is 0.305 e. The maximum atomic E-state index is 11.1. The number of halogens is 1. The third-order valence-electron chi connectivity index (χ3n) is 4.87. The number of aliphatic imine (C=N–C) groups is 1. The first-order chi connectivity index (χ1) is 13.7. The SMILES string of the molecule is CCNC(=NCCCCCC(=O)OC)N1CCN(c2ccccc2OC)CC1.I. The van der Waals surface area contributed by atoms with Crippen molar-refractivity contribution in [2.24, 2.45) is 4.99 Å². The van der Waals surface area contributed by atoms with E-state index in [-0.39, 0.29) is 29.9 Å². The molecule has 2 rings (SSSR count). The third-order valence-corrected chi connectivity index (χ3v) is 4.87. The van der Waals surface area contributed by atoms with Crippen LogP contribution in [0.3, 0.4) is 0 Å².